The van der Waals surface area contributed by atoms with Gasteiger partial charge in [0.25, 0.3) is 0 Å². The molecule has 4 aromatic rings. The van der Waals surface area contributed by atoms with E-state index in [2.05, 4.69) is 56.4 Å². The Morgan fingerprint density at radius 3 is 2.37 bits per heavy atom. The minimum Gasteiger partial charge on any atom is -0.492 e. The van der Waals surface area contributed by atoms with Crippen LogP contribution in [0.4, 0.5) is 11.5 Å². The van der Waals surface area contributed by atoms with Crippen LogP contribution in [0, 0.1) is 6.92 Å². The number of rotatable bonds is 10. The summed E-state index contributed by atoms with van der Waals surface area (Å²) >= 11 is 6.41. The highest BCUT2D eigenvalue weighted by molar-refractivity contribution is 6.30. The number of imidazole rings is 1. The molecular formula is C27H33ClN6O. The Bertz CT molecular complexity index is 1270. The Morgan fingerprint density at radius 1 is 0.943 bits per heavy atom. The van der Waals surface area contributed by atoms with Crippen molar-refractivity contribution in [3.63, 3.8) is 0 Å². The van der Waals surface area contributed by atoms with Gasteiger partial charge in [0.1, 0.15) is 23.9 Å². The topological polar surface area (TPSA) is 49.1 Å². The molecule has 184 valence electrons. The van der Waals surface area contributed by atoms with Crippen molar-refractivity contribution in [3.05, 3.63) is 71.6 Å². The molecule has 2 aromatic carbocycles. The number of hydrogen-bond acceptors (Lipinski definition) is 6. The normalized spacial score (nSPS) is 11.5. The van der Waals surface area contributed by atoms with Gasteiger partial charge in [-0.2, -0.15) is 0 Å². The molecule has 0 spiro atoms. The average Bonchev–Trinajstić information content (AvgIpc) is 3.20. The molecule has 0 aliphatic carbocycles. The number of aryl methyl sites for hydroxylation is 1. The first kappa shape index (κ1) is 25.0. The van der Waals surface area contributed by atoms with Gasteiger partial charge < -0.3 is 19.4 Å². The molecule has 0 amide bonds. The molecule has 0 saturated heterocycles. The maximum Gasteiger partial charge on any atom is 0.160 e. The summed E-state index contributed by atoms with van der Waals surface area (Å²) in [7, 11) is 8.23. The lowest BCUT2D eigenvalue weighted by atomic mass is 10.1. The van der Waals surface area contributed by atoms with E-state index in [0.717, 1.165) is 59.5 Å². The van der Waals surface area contributed by atoms with E-state index >= 15 is 0 Å². The van der Waals surface area contributed by atoms with Gasteiger partial charge in [-0.05, 0) is 77.6 Å². The Hall–Kier alpha value is -3.13. The first-order chi connectivity index (χ1) is 16.8. The standard InChI is InChI=1S/C27H33ClN6O/c1-20-26-30-25(21-9-11-24(12-10-21)35-18-17-32(4)5)27(34(26)14-13-29-20)33(16-15-31(2)3)23-8-6-7-22(28)19-23/h6-14,19H,15-18H2,1-5H3. The van der Waals surface area contributed by atoms with Crippen LogP contribution in [0.5, 0.6) is 5.75 Å². The molecule has 0 aliphatic heterocycles. The van der Waals surface area contributed by atoms with Crippen LogP contribution in [-0.4, -0.2) is 78.6 Å². The third kappa shape index (κ3) is 5.93. The molecular weight excluding hydrogens is 460 g/mol. The van der Waals surface area contributed by atoms with Crippen LogP contribution in [0.1, 0.15) is 5.69 Å². The molecule has 0 saturated carbocycles. The van der Waals surface area contributed by atoms with Gasteiger partial charge in [0, 0.05) is 48.3 Å². The first-order valence-corrected chi connectivity index (χ1v) is 12.1. The van der Waals surface area contributed by atoms with Crippen molar-refractivity contribution in [3.8, 4) is 17.0 Å². The first-order valence-electron chi connectivity index (χ1n) is 11.7. The summed E-state index contributed by atoms with van der Waals surface area (Å²) in [5.74, 6) is 1.83. The Kier molecular flexibility index (Phi) is 7.90. The SMILES string of the molecule is Cc1nccn2c(N(CCN(C)C)c3cccc(Cl)c3)c(-c3ccc(OCCN(C)C)cc3)nc12. The summed E-state index contributed by atoms with van der Waals surface area (Å²) in [6.45, 7) is 5.12. The Balaban J connectivity index is 1.81. The summed E-state index contributed by atoms with van der Waals surface area (Å²) in [5, 5.41) is 0.699. The van der Waals surface area contributed by atoms with Crippen LogP contribution >= 0.6 is 11.6 Å². The number of ether oxygens (including phenoxy) is 1. The molecule has 0 radical (unpaired) electrons. The average molecular weight is 493 g/mol. The number of fused-ring (bicyclic) bond motifs is 1. The fourth-order valence-corrected chi connectivity index (χ4v) is 4.08. The molecule has 4 rings (SSSR count). The highest BCUT2D eigenvalue weighted by atomic mass is 35.5. The molecule has 35 heavy (non-hydrogen) atoms. The molecule has 7 nitrogen and oxygen atoms in total. The largest absolute Gasteiger partial charge is 0.492 e. The Labute approximate surface area is 212 Å². The second-order valence-electron chi connectivity index (χ2n) is 9.10. The fraction of sp³-hybridized carbons (Fsp3) is 0.333. The zero-order chi connectivity index (χ0) is 24.9. The molecule has 0 fully saturated rings. The van der Waals surface area contributed by atoms with Crippen LogP contribution in [0.15, 0.2) is 60.9 Å². The van der Waals surface area contributed by atoms with Crippen molar-refractivity contribution in [1.82, 2.24) is 24.2 Å². The molecule has 2 heterocycles. The monoisotopic (exact) mass is 492 g/mol. The number of anilines is 2. The lowest BCUT2D eigenvalue weighted by Crippen LogP contribution is -2.29. The van der Waals surface area contributed by atoms with Gasteiger partial charge in [-0.3, -0.25) is 9.38 Å². The zero-order valence-electron chi connectivity index (χ0n) is 21.1. The van der Waals surface area contributed by atoms with E-state index in [0.29, 0.717) is 11.6 Å². The van der Waals surface area contributed by atoms with Crippen LogP contribution in [0.25, 0.3) is 16.9 Å². The maximum atomic E-state index is 6.41. The van der Waals surface area contributed by atoms with Gasteiger partial charge >= 0.3 is 0 Å². The number of halogens is 1. The highest BCUT2D eigenvalue weighted by Crippen LogP contribution is 2.37. The van der Waals surface area contributed by atoms with Crippen LogP contribution in [0.3, 0.4) is 0 Å². The van der Waals surface area contributed by atoms with E-state index in [9.17, 15) is 0 Å². The Morgan fingerprint density at radius 2 is 1.69 bits per heavy atom. The van der Waals surface area contributed by atoms with Crippen LogP contribution < -0.4 is 9.64 Å². The molecule has 0 aliphatic rings. The van der Waals surface area contributed by atoms with Gasteiger partial charge in [0.05, 0.1) is 5.69 Å². The third-order valence-electron chi connectivity index (χ3n) is 5.77. The summed E-state index contributed by atoms with van der Waals surface area (Å²) < 4.78 is 8.02. The van der Waals surface area contributed by atoms with Gasteiger partial charge in [-0.25, -0.2) is 4.98 Å². The number of likely N-dealkylation sites (N-methyl/N-ethyl adjacent to an activating group) is 2. The lowest BCUT2D eigenvalue weighted by Gasteiger charge is -2.27. The van der Waals surface area contributed by atoms with E-state index in [1.165, 1.54) is 0 Å². The van der Waals surface area contributed by atoms with Crippen molar-refractivity contribution >= 4 is 28.8 Å². The van der Waals surface area contributed by atoms with Gasteiger partial charge in [0.15, 0.2) is 5.65 Å². The minimum absolute atomic E-state index is 0.643. The molecule has 0 N–H and O–H groups in total. The van der Waals surface area contributed by atoms with Crippen molar-refractivity contribution in [1.29, 1.82) is 0 Å². The maximum absolute atomic E-state index is 6.41. The van der Waals surface area contributed by atoms with Gasteiger partial charge in [-0.1, -0.05) is 17.7 Å². The molecule has 0 bridgehead atoms. The predicted molar refractivity (Wildman–Crippen MR) is 144 cm³/mol. The number of aromatic nitrogens is 3. The smallest absolute Gasteiger partial charge is 0.160 e. The predicted octanol–water partition coefficient (Wildman–Crippen LogP) is 5.00. The summed E-state index contributed by atoms with van der Waals surface area (Å²) in [4.78, 5) is 16.1. The van der Waals surface area contributed by atoms with Crippen LogP contribution in [-0.2, 0) is 0 Å². The van der Waals surface area contributed by atoms with Crippen molar-refractivity contribution in [2.75, 3.05) is 59.3 Å². The van der Waals surface area contributed by atoms with E-state index in [4.69, 9.17) is 21.3 Å². The minimum atomic E-state index is 0.643. The van der Waals surface area contributed by atoms with E-state index in [1.54, 1.807) is 0 Å². The summed E-state index contributed by atoms with van der Waals surface area (Å²) in [5.41, 5.74) is 4.63. The quantitative estimate of drug-likeness (QED) is 0.310. The molecule has 0 atom stereocenters. The number of nitrogens with zero attached hydrogens (tertiary/aromatic N) is 6. The van der Waals surface area contributed by atoms with Gasteiger partial charge in [0.2, 0.25) is 0 Å². The molecule has 0 unspecified atom stereocenters. The number of hydrogen-bond donors (Lipinski definition) is 0. The van der Waals surface area contributed by atoms with E-state index < -0.39 is 0 Å². The fourth-order valence-electron chi connectivity index (χ4n) is 3.90. The van der Waals surface area contributed by atoms with Crippen molar-refractivity contribution < 1.29 is 4.74 Å². The van der Waals surface area contributed by atoms with Crippen molar-refractivity contribution in [2.45, 2.75) is 6.92 Å². The van der Waals surface area contributed by atoms with Crippen molar-refractivity contribution in [2.24, 2.45) is 0 Å². The van der Waals surface area contributed by atoms with Gasteiger partial charge in [-0.15, -0.1) is 0 Å². The number of benzene rings is 2. The summed E-state index contributed by atoms with van der Waals surface area (Å²) in [6.07, 6.45) is 3.79. The molecule has 2 aromatic heterocycles. The highest BCUT2D eigenvalue weighted by Gasteiger charge is 2.23. The van der Waals surface area contributed by atoms with Crippen LogP contribution in [0.2, 0.25) is 5.02 Å². The zero-order valence-corrected chi connectivity index (χ0v) is 21.8. The molecule has 8 heteroatoms. The second-order valence-corrected chi connectivity index (χ2v) is 9.54. The van der Waals surface area contributed by atoms with E-state index in [1.807, 2.05) is 63.7 Å². The summed E-state index contributed by atoms with van der Waals surface area (Å²) in [6, 6.07) is 16.1. The lowest BCUT2D eigenvalue weighted by molar-refractivity contribution is 0.261. The van der Waals surface area contributed by atoms with E-state index in [-0.39, 0.29) is 0 Å². The second kappa shape index (κ2) is 11.1. The third-order valence-corrected chi connectivity index (χ3v) is 6.01.